The Labute approximate surface area is 134 Å². The van der Waals surface area contributed by atoms with Crippen molar-refractivity contribution in [2.45, 2.75) is 39.3 Å². The highest BCUT2D eigenvalue weighted by atomic mass is 16.5. The van der Waals surface area contributed by atoms with Crippen LogP contribution in [0.2, 0.25) is 0 Å². The quantitative estimate of drug-likeness (QED) is 0.829. The summed E-state index contributed by atoms with van der Waals surface area (Å²) in [5, 5.41) is 2.79. The van der Waals surface area contributed by atoms with E-state index < -0.39 is 5.97 Å². The summed E-state index contributed by atoms with van der Waals surface area (Å²) in [6.07, 6.45) is 3.64. The molecule has 6 nitrogen and oxygen atoms in total. The Balaban J connectivity index is 1.64. The van der Waals surface area contributed by atoms with Crippen LogP contribution >= 0.6 is 0 Å². The summed E-state index contributed by atoms with van der Waals surface area (Å²) in [6.45, 7) is 4.10. The molecule has 122 valence electrons. The van der Waals surface area contributed by atoms with Crippen LogP contribution in [0, 0.1) is 13.8 Å². The second kappa shape index (κ2) is 6.32. The van der Waals surface area contributed by atoms with Crippen LogP contribution in [0.25, 0.3) is 0 Å². The van der Waals surface area contributed by atoms with Gasteiger partial charge >= 0.3 is 5.97 Å². The summed E-state index contributed by atoms with van der Waals surface area (Å²) in [6, 6.07) is 5.76. The molecule has 6 heteroatoms. The van der Waals surface area contributed by atoms with E-state index in [1.54, 1.807) is 12.3 Å². The Morgan fingerprint density at radius 3 is 2.83 bits per heavy atom. The molecule has 1 aliphatic rings. The minimum atomic E-state index is -0.477. The van der Waals surface area contributed by atoms with Crippen molar-refractivity contribution in [3.05, 3.63) is 47.2 Å². The summed E-state index contributed by atoms with van der Waals surface area (Å²) in [4.78, 5) is 23.8. The Morgan fingerprint density at radius 2 is 2.17 bits per heavy atom. The molecule has 0 bridgehead atoms. The lowest BCUT2D eigenvalue weighted by Crippen LogP contribution is -2.30. The van der Waals surface area contributed by atoms with E-state index in [-0.39, 0.29) is 18.6 Å². The average molecular weight is 316 g/mol. The number of hydrogen-bond donors (Lipinski definition) is 1. The predicted octanol–water partition coefficient (Wildman–Crippen LogP) is 2.18. The molecule has 0 radical (unpaired) electrons. The lowest BCUT2D eigenvalue weighted by Gasteiger charge is -2.08. The maximum Gasteiger partial charge on any atom is 0.340 e. The molecule has 1 aliphatic carbocycles. The standard InChI is InChI=1S/C17H20N2O4/c1-11-8-15(12(2)19(11)9-14-4-3-7-22-14)17(21)23-10-16(20)18-13-5-6-13/h3-4,7-8,13H,5-6,9-10H2,1-2H3,(H,18,20). The third-order valence-corrected chi connectivity index (χ3v) is 3.96. The molecular formula is C17H20N2O4. The maximum atomic E-state index is 12.2. The Bertz CT molecular complexity index is 711. The number of esters is 1. The SMILES string of the molecule is Cc1cc(C(=O)OCC(=O)NC2CC2)c(C)n1Cc1ccco1. The van der Waals surface area contributed by atoms with Gasteiger partial charge in [-0.3, -0.25) is 4.79 Å². The molecule has 0 saturated heterocycles. The molecule has 1 fully saturated rings. The molecule has 0 aromatic carbocycles. The smallest absolute Gasteiger partial charge is 0.340 e. The number of nitrogens with one attached hydrogen (secondary N) is 1. The van der Waals surface area contributed by atoms with Gasteiger partial charge in [-0.25, -0.2) is 4.79 Å². The van der Waals surface area contributed by atoms with Gasteiger partial charge in [0.1, 0.15) is 5.76 Å². The van der Waals surface area contributed by atoms with Crippen LogP contribution in [0.15, 0.2) is 28.9 Å². The molecular weight excluding hydrogens is 296 g/mol. The van der Waals surface area contributed by atoms with E-state index in [2.05, 4.69) is 5.32 Å². The van der Waals surface area contributed by atoms with Gasteiger partial charge in [0.2, 0.25) is 0 Å². The first kappa shape index (κ1) is 15.4. The summed E-state index contributed by atoms with van der Waals surface area (Å²) in [5.74, 6) is 0.0931. The molecule has 2 heterocycles. The number of aryl methyl sites for hydroxylation is 1. The zero-order valence-electron chi connectivity index (χ0n) is 13.3. The first-order chi connectivity index (χ1) is 11.0. The normalized spacial score (nSPS) is 13.8. The van der Waals surface area contributed by atoms with E-state index in [4.69, 9.17) is 9.15 Å². The average Bonchev–Trinajstić information content (AvgIpc) is 3.09. The fourth-order valence-corrected chi connectivity index (χ4v) is 2.52. The molecule has 1 amide bonds. The van der Waals surface area contributed by atoms with Gasteiger partial charge in [0, 0.05) is 17.4 Å². The van der Waals surface area contributed by atoms with Crippen molar-refractivity contribution in [3.63, 3.8) is 0 Å². The summed E-state index contributed by atoms with van der Waals surface area (Å²) < 4.78 is 12.5. The van der Waals surface area contributed by atoms with Crippen molar-refractivity contribution in [3.8, 4) is 0 Å². The maximum absolute atomic E-state index is 12.2. The lowest BCUT2D eigenvalue weighted by atomic mass is 10.2. The first-order valence-corrected chi connectivity index (χ1v) is 7.70. The van der Waals surface area contributed by atoms with Gasteiger partial charge in [-0.1, -0.05) is 0 Å². The number of carbonyl (C=O) groups excluding carboxylic acids is 2. The van der Waals surface area contributed by atoms with Crippen LogP contribution in [0.4, 0.5) is 0 Å². The van der Waals surface area contributed by atoms with E-state index in [1.165, 1.54) is 0 Å². The summed E-state index contributed by atoms with van der Waals surface area (Å²) >= 11 is 0. The van der Waals surface area contributed by atoms with Crippen molar-refractivity contribution in [2.24, 2.45) is 0 Å². The molecule has 23 heavy (non-hydrogen) atoms. The van der Waals surface area contributed by atoms with Gasteiger partial charge in [0.15, 0.2) is 6.61 Å². The van der Waals surface area contributed by atoms with Gasteiger partial charge in [-0.15, -0.1) is 0 Å². The monoisotopic (exact) mass is 316 g/mol. The molecule has 1 N–H and O–H groups in total. The second-order valence-corrected chi connectivity index (χ2v) is 5.87. The number of aromatic nitrogens is 1. The third kappa shape index (κ3) is 3.64. The number of furan rings is 1. The van der Waals surface area contributed by atoms with E-state index in [0.717, 1.165) is 30.0 Å². The molecule has 0 atom stereocenters. The largest absolute Gasteiger partial charge is 0.467 e. The van der Waals surface area contributed by atoms with E-state index in [0.29, 0.717) is 12.1 Å². The molecule has 0 aliphatic heterocycles. The molecule has 2 aromatic rings. The number of ether oxygens (including phenoxy) is 1. The summed E-state index contributed by atoms with van der Waals surface area (Å²) in [5.41, 5.74) is 2.22. The second-order valence-electron chi connectivity index (χ2n) is 5.87. The van der Waals surface area contributed by atoms with Crippen LogP contribution in [-0.2, 0) is 16.1 Å². The molecule has 1 saturated carbocycles. The van der Waals surface area contributed by atoms with E-state index >= 15 is 0 Å². The molecule has 0 unspecified atom stereocenters. The van der Waals surface area contributed by atoms with Crippen LogP contribution < -0.4 is 5.32 Å². The molecule has 3 rings (SSSR count). The van der Waals surface area contributed by atoms with Crippen molar-refractivity contribution in [1.82, 2.24) is 9.88 Å². The van der Waals surface area contributed by atoms with Crippen LogP contribution in [0.1, 0.15) is 40.3 Å². The van der Waals surface area contributed by atoms with Crippen LogP contribution in [0.3, 0.4) is 0 Å². The zero-order valence-corrected chi connectivity index (χ0v) is 13.3. The van der Waals surface area contributed by atoms with E-state index in [9.17, 15) is 9.59 Å². The fraction of sp³-hybridized carbons (Fsp3) is 0.412. The third-order valence-electron chi connectivity index (χ3n) is 3.96. The van der Waals surface area contributed by atoms with Crippen molar-refractivity contribution < 1.29 is 18.7 Å². The number of rotatable bonds is 6. The fourth-order valence-electron chi connectivity index (χ4n) is 2.52. The number of amides is 1. The van der Waals surface area contributed by atoms with Gasteiger partial charge in [0.05, 0.1) is 18.4 Å². The van der Waals surface area contributed by atoms with Gasteiger partial charge in [0.25, 0.3) is 5.91 Å². The van der Waals surface area contributed by atoms with Crippen LogP contribution in [0.5, 0.6) is 0 Å². The number of carbonyl (C=O) groups is 2. The number of hydrogen-bond acceptors (Lipinski definition) is 4. The zero-order chi connectivity index (χ0) is 16.4. The predicted molar refractivity (Wildman–Crippen MR) is 83.2 cm³/mol. The highest BCUT2D eigenvalue weighted by Crippen LogP contribution is 2.19. The summed E-state index contributed by atoms with van der Waals surface area (Å²) in [7, 11) is 0. The van der Waals surface area contributed by atoms with Crippen molar-refractivity contribution in [2.75, 3.05) is 6.61 Å². The topological polar surface area (TPSA) is 73.5 Å². The Hall–Kier alpha value is -2.50. The number of nitrogens with zero attached hydrogens (tertiary/aromatic N) is 1. The molecule has 2 aromatic heterocycles. The highest BCUT2D eigenvalue weighted by Gasteiger charge is 2.24. The van der Waals surface area contributed by atoms with Gasteiger partial charge in [-0.05, 0) is 44.9 Å². The minimum Gasteiger partial charge on any atom is -0.467 e. The van der Waals surface area contributed by atoms with E-state index in [1.807, 2.05) is 30.5 Å². The minimum absolute atomic E-state index is 0.239. The van der Waals surface area contributed by atoms with Gasteiger partial charge in [-0.2, -0.15) is 0 Å². The lowest BCUT2D eigenvalue weighted by molar-refractivity contribution is -0.124. The Morgan fingerprint density at radius 1 is 1.39 bits per heavy atom. The Kier molecular flexibility index (Phi) is 4.23. The molecule has 0 spiro atoms. The van der Waals surface area contributed by atoms with Crippen LogP contribution in [-0.4, -0.2) is 29.1 Å². The van der Waals surface area contributed by atoms with Gasteiger partial charge < -0.3 is 19.0 Å². The van der Waals surface area contributed by atoms with Crippen molar-refractivity contribution in [1.29, 1.82) is 0 Å². The van der Waals surface area contributed by atoms with Crippen molar-refractivity contribution >= 4 is 11.9 Å². The first-order valence-electron chi connectivity index (χ1n) is 7.70. The highest BCUT2D eigenvalue weighted by molar-refractivity contribution is 5.92.